The molecule has 6 unspecified atom stereocenters. The van der Waals surface area contributed by atoms with Gasteiger partial charge in [-0.25, -0.2) is 0 Å². The van der Waals surface area contributed by atoms with Crippen LogP contribution in [0.1, 0.15) is 173 Å². The molecule has 6 N–H and O–H groups in total. The van der Waals surface area contributed by atoms with E-state index in [0.717, 1.165) is 32.6 Å². The summed E-state index contributed by atoms with van der Waals surface area (Å²) < 4.78 is 17.5. The first-order valence-electron chi connectivity index (χ1n) is 21.4. The molecule has 2 amide bonds. The van der Waals surface area contributed by atoms with E-state index >= 15 is 0 Å². The van der Waals surface area contributed by atoms with Crippen molar-refractivity contribution in [2.45, 2.75) is 166 Å². The summed E-state index contributed by atoms with van der Waals surface area (Å²) in [6.45, 7) is 4.65. The van der Waals surface area contributed by atoms with E-state index in [-0.39, 0.29) is 46.9 Å². The highest BCUT2D eigenvalue weighted by Gasteiger charge is 2.49. The number of fused-ring (bicyclic) bond motifs is 3. The van der Waals surface area contributed by atoms with Gasteiger partial charge in [0.05, 0.1) is 48.6 Å². The SMILES string of the molecule is CCCCCCCCCCCCCCCC(=O)NCC(=O)NC1CC(OC2CC(O)(C(C)=O)Cc3c(O)c4c(c(O)c32)C(=O)c2c(OC)cccc2C4=O)OC(C)C1O. The summed E-state index contributed by atoms with van der Waals surface area (Å²) >= 11 is 0. The highest BCUT2D eigenvalue weighted by Crippen LogP contribution is 2.52. The summed E-state index contributed by atoms with van der Waals surface area (Å²) in [7, 11) is 1.33. The second kappa shape index (κ2) is 20.7. The van der Waals surface area contributed by atoms with E-state index in [0.29, 0.717) is 6.42 Å². The van der Waals surface area contributed by atoms with Crippen LogP contribution in [0.5, 0.6) is 17.2 Å². The third kappa shape index (κ3) is 10.7. The summed E-state index contributed by atoms with van der Waals surface area (Å²) in [4.78, 5) is 66.0. The number of aliphatic hydroxyl groups is 2. The van der Waals surface area contributed by atoms with Crippen LogP contribution in [-0.2, 0) is 30.3 Å². The van der Waals surface area contributed by atoms with Crippen LogP contribution in [0.4, 0.5) is 0 Å². The molecule has 14 heteroatoms. The molecule has 2 aliphatic carbocycles. The van der Waals surface area contributed by atoms with Crippen LogP contribution in [-0.4, -0.2) is 93.4 Å². The van der Waals surface area contributed by atoms with Gasteiger partial charge in [-0.3, -0.25) is 24.0 Å². The number of rotatable bonds is 21. The number of amides is 2. The number of aromatic hydroxyl groups is 2. The van der Waals surface area contributed by atoms with Gasteiger partial charge in [-0.2, -0.15) is 0 Å². The zero-order valence-corrected chi connectivity index (χ0v) is 34.9. The van der Waals surface area contributed by atoms with Gasteiger partial charge in [-0.05, 0) is 26.3 Å². The van der Waals surface area contributed by atoms with E-state index in [9.17, 15) is 44.4 Å². The third-order valence-electron chi connectivity index (χ3n) is 12.1. The maximum atomic E-state index is 13.9. The quantitative estimate of drug-likeness (QED) is 0.0557. The smallest absolute Gasteiger partial charge is 0.239 e. The van der Waals surface area contributed by atoms with Gasteiger partial charge < -0.3 is 45.3 Å². The van der Waals surface area contributed by atoms with Crippen molar-refractivity contribution in [3.63, 3.8) is 0 Å². The highest BCUT2D eigenvalue weighted by atomic mass is 16.7. The van der Waals surface area contributed by atoms with Crippen molar-refractivity contribution in [2.75, 3.05) is 13.7 Å². The van der Waals surface area contributed by atoms with Crippen LogP contribution in [0, 0.1) is 0 Å². The Labute approximate surface area is 346 Å². The minimum atomic E-state index is -2.10. The van der Waals surface area contributed by atoms with Crippen molar-refractivity contribution in [1.82, 2.24) is 10.6 Å². The number of ether oxygens (including phenoxy) is 3. The Bertz CT molecular complexity index is 1860. The first-order chi connectivity index (χ1) is 28.2. The minimum absolute atomic E-state index is 0.0486. The van der Waals surface area contributed by atoms with E-state index in [1.807, 2.05) is 0 Å². The Morgan fingerprint density at radius 3 is 2.08 bits per heavy atom. The van der Waals surface area contributed by atoms with Crippen LogP contribution in [0.2, 0.25) is 0 Å². The lowest BCUT2D eigenvalue weighted by molar-refractivity contribution is -0.249. The van der Waals surface area contributed by atoms with Crippen LogP contribution >= 0.6 is 0 Å². The van der Waals surface area contributed by atoms with Gasteiger partial charge >= 0.3 is 0 Å². The number of ketones is 3. The molecule has 324 valence electrons. The molecular formula is C45H62N2O12. The third-order valence-corrected chi connectivity index (χ3v) is 12.1. The monoisotopic (exact) mass is 822 g/mol. The second-order valence-electron chi connectivity index (χ2n) is 16.4. The van der Waals surface area contributed by atoms with Crippen LogP contribution in [0.25, 0.3) is 0 Å². The molecule has 0 bridgehead atoms. The predicted molar refractivity (Wildman–Crippen MR) is 218 cm³/mol. The summed E-state index contributed by atoms with van der Waals surface area (Å²) in [5, 5.41) is 51.2. The first kappa shape index (κ1) is 45.7. The zero-order valence-electron chi connectivity index (χ0n) is 34.9. The minimum Gasteiger partial charge on any atom is -0.507 e. The van der Waals surface area contributed by atoms with Crippen molar-refractivity contribution in [2.24, 2.45) is 0 Å². The van der Waals surface area contributed by atoms with Crippen LogP contribution in [0.3, 0.4) is 0 Å². The molecule has 1 fully saturated rings. The number of carbonyl (C=O) groups excluding carboxylic acids is 5. The van der Waals surface area contributed by atoms with Crippen LogP contribution in [0.15, 0.2) is 18.2 Å². The molecule has 0 radical (unpaired) electrons. The standard InChI is InChI=1S/C45H62N2O12/c1-5-6-7-8-9-10-11-12-13-14-15-16-17-21-33(49)46-25-34(50)47-30-22-35(58-26(2)40(30)51)59-32-24-45(56,27(3)48)23-29-37(32)44(55)39-38(42(29)53)41(52)28-19-18-20-31(57-4)36(28)43(39)54/h18-20,26,30,32,35,40,51,53,55-56H,5-17,21-25H2,1-4H3,(H,46,49)(H,47,50). The van der Waals surface area contributed by atoms with Crippen LogP contribution < -0.4 is 15.4 Å². The first-order valence-corrected chi connectivity index (χ1v) is 21.4. The lowest BCUT2D eigenvalue weighted by Gasteiger charge is -2.42. The molecule has 0 spiro atoms. The fourth-order valence-electron chi connectivity index (χ4n) is 8.60. The van der Waals surface area contributed by atoms with E-state index < -0.39 is 95.0 Å². The Morgan fingerprint density at radius 1 is 0.864 bits per heavy atom. The second-order valence-corrected chi connectivity index (χ2v) is 16.4. The fourth-order valence-corrected chi connectivity index (χ4v) is 8.60. The van der Waals surface area contributed by atoms with Crippen molar-refractivity contribution in [1.29, 1.82) is 0 Å². The molecule has 2 aromatic carbocycles. The molecule has 0 aromatic heterocycles. The number of methoxy groups -OCH3 is 1. The number of aliphatic hydroxyl groups excluding tert-OH is 1. The van der Waals surface area contributed by atoms with E-state index in [2.05, 4.69) is 17.6 Å². The lowest BCUT2D eigenvalue weighted by Crippen LogP contribution is -2.56. The molecule has 59 heavy (non-hydrogen) atoms. The van der Waals surface area contributed by atoms with Crippen molar-refractivity contribution in [3.05, 3.63) is 51.6 Å². The summed E-state index contributed by atoms with van der Waals surface area (Å²) in [6.07, 6.45) is 10.2. The summed E-state index contributed by atoms with van der Waals surface area (Å²) in [5.41, 5.74) is -3.44. The van der Waals surface area contributed by atoms with E-state index in [1.165, 1.54) is 83.1 Å². The average molecular weight is 823 g/mol. The number of phenols is 2. The molecular weight excluding hydrogens is 760 g/mol. The number of nitrogens with one attached hydrogen (secondary N) is 2. The largest absolute Gasteiger partial charge is 0.507 e. The number of hydrogen-bond acceptors (Lipinski definition) is 12. The van der Waals surface area contributed by atoms with Gasteiger partial charge in [0.1, 0.15) is 29.0 Å². The lowest BCUT2D eigenvalue weighted by atomic mass is 9.72. The van der Waals surface area contributed by atoms with Gasteiger partial charge in [-0.15, -0.1) is 0 Å². The Morgan fingerprint density at radius 2 is 1.47 bits per heavy atom. The normalized spacial score (nSPS) is 23.5. The molecule has 14 nitrogen and oxygen atoms in total. The molecule has 1 saturated heterocycles. The number of Topliss-reactive ketones (excluding diaryl/α,β-unsaturated/α-hetero) is 1. The average Bonchev–Trinajstić information content (AvgIpc) is 3.20. The van der Waals surface area contributed by atoms with Gasteiger partial charge in [0.25, 0.3) is 0 Å². The van der Waals surface area contributed by atoms with E-state index in [4.69, 9.17) is 14.2 Å². The number of hydrogen-bond donors (Lipinski definition) is 6. The molecule has 6 atom stereocenters. The number of phenolic OH excluding ortho intramolecular Hbond substituents is 2. The van der Waals surface area contributed by atoms with E-state index in [1.54, 1.807) is 6.92 Å². The Hall–Kier alpha value is -4.37. The van der Waals surface area contributed by atoms with Crippen molar-refractivity contribution in [3.8, 4) is 17.2 Å². The molecule has 1 heterocycles. The molecule has 1 aliphatic heterocycles. The Balaban J connectivity index is 1.18. The maximum Gasteiger partial charge on any atom is 0.239 e. The summed E-state index contributed by atoms with van der Waals surface area (Å²) in [5.74, 6) is -4.24. The van der Waals surface area contributed by atoms with Gasteiger partial charge in [0, 0.05) is 42.4 Å². The zero-order chi connectivity index (χ0) is 42.9. The summed E-state index contributed by atoms with van der Waals surface area (Å²) in [6, 6.07) is 3.49. The number of unbranched alkanes of at least 4 members (excludes halogenated alkanes) is 12. The number of benzene rings is 2. The fraction of sp³-hybridized carbons (Fsp3) is 0.622. The molecule has 2 aromatic rings. The van der Waals surface area contributed by atoms with Gasteiger partial charge in [0.2, 0.25) is 17.6 Å². The highest BCUT2D eigenvalue weighted by molar-refractivity contribution is 6.31. The predicted octanol–water partition coefficient (Wildman–Crippen LogP) is 5.78. The number of carbonyl (C=O) groups is 5. The molecule has 5 rings (SSSR count). The van der Waals surface area contributed by atoms with Crippen molar-refractivity contribution >= 4 is 29.2 Å². The van der Waals surface area contributed by atoms with Gasteiger partial charge in [0.15, 0.2) is 17.9 Å². The molecule has 0 saturated carbocycles. The van der Waals surface area contributed by atoms with Crippen molar-refractivity contribution < 1.29 is 58.6 Å². The maximum absolute atomic E-state index is 13.9. The topological polar surface area (TPSA) is 218 Å². The Kier molecular flexibility index (Phi) is 16.1. The molecule has 3 aliphatic rings. The van der Waals surface area contributed by atoms with Gasteiger partial charge in [-0.1, -0.05) is 96.1 Å².